The number of amides is 1. The van der Waals surface area contributed by atoms with Crippen LogP contribution in [0.2, 0.25) is 0 Å². The first-order valence-electron chi connectivity index (χ1n) is 5.56. The van der Waals surface area contributed by atoms with Gasteiger partial charge in [0.2, 0.25) is 5.91 Å². The zero-order chi connectivity index (χ0) is 13.8. The normalized spacial score (nSPS) is 10.8. The number of anilines is 1. The van der Waals surface area contributed by atoms with Crippen molar-refractivity contribution in [2.24, 2.45) is 0 Å². The van der Waals surface area contributed by atoms with E-state index < -0.39 is 0 Å². The highest BCUT2D eigenvalue weighted by atomic mass is 79.9. The second-order valence-corrected chi connectivity index (χ2v) is 5.87. The molecule has 0 radical (unpaired) electrons. The van der Waals surface area contributed by atoms with Gasteiger partial charge in [-0.05, 0) is 39.0 Å². The van der Waals surface area contributed by atoms with Crippen LogP contribution in [-0.4, -0.2) is 18.0 Å². The molecule has 0 heterocycles. The van der Waals surface area contributed by atoms with Crippen LogP contribution in [0.3, 0.4) is 0 Å². The van der Waals surface area contributed by atoms with E-state index in [1.165, 1.54) is 0 Å². The van der Waals surface area contributed by atoms with Crippen molar-refractivity contribution < 1.29 is 4.79 Å². The van der Waals surface area contributed by atoms with Crippen molar-refractivity contribution in [1.82, 2.24) is 5.32 Å². The number of carbonyl (C=O) groups excluding carboxylic acids is 1. The molecule has 0 aliphatic heterocycles. The standard InChI is InChI=1S/C13H16BrN3O/c1-13(2,3)16-8-12(18)17-11-6-10(14)5-4-9(11)7-15/h4-6,16H,8H2,1-3H3,(H,17,18). The molecule has 0 aliphatic rings. The zero-order valence-electron chi connectivity index (χ0n) is 10.7. The summed E-state index contributed by atoms with van der Waals surface area (Å²) in [4.78, 5) is 11.7. The summed E-state index contributed by atoms with van der Waals surface area (Å²) in [5.41, 5.74) is 0.849. The molecule has 0 atom stereocenters. The number of rotatable bonds is 3. The molecule has 2 N–H and O–H groups in total. The number of nitrogens with zero attached hydrogens (tertiary/aromatic N) is 1. The fourth-order valence-corrected chi connectivity index (χ4v) is 1.62. The Morgan fingerprint density at radius 3 is 2.67 bits per heavy atom. The maximum absolute atomic E-state index is 11.7. The lowest BCUT2D eigenvalue weighted by Crippen LogP contribution is -2.41. The minimum atomic E-state index is -0.167. The SMILES string of the molecule is CC(C)(C)NCC(=O)Nc1cc(Br)ccc1C#N. The molecule has 0 spiro atoms. The van der Waals surface area contributed by atoms with Crippen LogP contribution in [0.25, 0.3) is 0 Å². The summed E-state index contributed by atoms with van der Waals surface area (Å²) >= 11 is 3.31. The summed E-state index contributed by atoms with van der Waals surface area (Å²) in [5.74, 6) is -0.167. The zero-order valence-corrected chi connectivity index (χ0v) is 12.3. The van der Waals surface area contributed by atoms with Crippen molar-refractivity contribution in [2.45, 2.75) is 26.3 Å². The first kappa shape index (κ1) is 14.7. The van der Waals surface area contributed by atoms with Gasteiger partial charge in [-0.3, -0.25) is 4.79 Å². The monoisotopic (exact) mass is 309 g/mol. The van der Waals surface area contributed by atoms with Gasteiger partial charge in [0.1, 0.15) is 6.07 Å². The summed E-state index contributed by atoms with van der Waals surface area (Å²) in [7, 11) is 0. The van der Waals surface area contributed by atoms with Gasteiger partial charge < -0.3 is 10.6 Å². The number of hydrogen-bond acceptors (Lipinski definition) is 3. The highest BCUT2D eigenvalue weighted by Crippen LogP contribution is 2.20. The quantitative estimate of drug-likeness (QED) is 0.902. The van der Waals surface area contributed by atoms with Gasteiger partial charge in [-0.15, -0.1) is 0 Å². The van der Waals surface area contributed by atoms with Crippen molar-refractivity contribution in [2.75, 3.05) is 11.9 Å². The average Bonchev–Trinajstić information content (AvgIpc) is 2.26. The van der Waals surface area contributed by atoms with Crippen molar-refractivity contribution in [1.29, 1.82) is 5.26 Å². The highest BCUT2D eigenvalue weighted by molar-refractivity contribution is 9.10. The first-order valence-corrected chi connectivity index (χ1v) is 6.35. The Bertz CT molecular complexity index is 486. The first-order chi connectivity index (χ1) is 8.31. The van der Waals surface area contributed by atoms with Gasteiger partial charge in [0.05, 0.1) is 17.8 Å². The predicted octanol–water partition coefficient (Wildman–Crippen LogP) is 2.65. The molecule has 0 aliphatic carbocycles. The molecule has 0 unspecified atom stereocenters. The van der Waals surface area contributed by atoms with Crippen LogP contribution < -0.4 is 10.6 Å². The minimum absolute atomic E-state index is 0.118. The van der Waals surface area contributed by atoms with E-state index in [9.17, 15) is 4.79 Å². The van der Waals surface area contributed by atoms with E-state index in [0.717, 1.165) is 4.47 Å². The molecule has 1 rings (SSSR count). The molecule has 1 aromatic rings. The molecular weight excluding hydrogens is 294 g/mol. The third-order valence-electron chi connectivity index (χ3n) is 2.16. The number of carbonyl (C=O) groups is 1. The van der Waals surface area contributed by atoms with Gasteiger partial charge in [-0.25, -0.2) is 0 Å². The summed E-state index contributed by atoms with van der Waals surface area (Å²) in [5, 5.41) is 14.8. The largest absolute Gasteiger partial charge is 0.324 e. The molecule has 4 nitrogen and oxygen atoms in total. The van der Waals surface area contributed by atoms with Crippen molar-refractivity contribution >= 4 is 27.5 Å². The fourth-order valence-electron chi connectivity index (χ4n) is 1.26. The molecule has 0 aromatic heterocycles. The summed E-state index contributed by atoms with van der Waals surface area (Å²) in [6, 6.07) is 7.19. The number of halogens is 1. The van der Waals surface area contributed by atoms with Crippen LogP contribution in [0, 0.1) is 11.3 Å². The Kier molecular flexibility index (Phi) is 4.88. The Morgan fingerprint density at radius 2 is 2.11 bits per heavy atom. The van der Waals surface area contributed by atoms with Crippen LogP contribution in [-0.2, 0) is 4.79 Å². The Balaban J connectivity index is 2.70. The van der Waals surface area contributed by atoms with Crippen molar-refractivity contribution in [3.05, 3.63) is 28.2 Å². The fraction of sp³-hybridized carbons (Fsp3) is 0.385. The predicted molar refractivity (Wildman–Crippen MR) is 75.2 cm³/mol. The molecule has 0 fully saturated rings. The maximum Gasteiger partial charge on any atom is 0.238 e. The molecule has 0 saturated carbocycles. The average molecular weight is 310 g/mol. The van der Waals surface area contributed by atoms with Crippen LogP contribution in [0.5, 0.6) is 0 Å². The molecule has 1 aromatic carbocycles. The molecule has 0 saturated heterocycles. The molecule has 1 amide bonds. The van der Waals surface area contributed by atoms with Gasteiger partial charge in [0.15, 0.2) is 0 Å². The van der Waals surface area contributed by atoms with Gasteiger partial charge in [0, 0.05) is 10.0 Å². The second-order valence-electron chi connectivity index (χ2n) is 4.95. The third kappa shape index (κ3) is 4.86. The lowest BCUT2D eigenvalue weighted by atomic mass is 10.1. The lowest BCUT2D eigenvalue weighted by molar-refractivity contribution is -0.115. The van der Waals surface area contributed by atoms with Crippen LogP contribution in [0.1, 0.15) is 26.3 Å². The Labute approximate surface area is 116 Å². The number of hydrogen-bond donors (Lipinski definition) is 2. The van der Waals surface area contributed by atoms with E-state index in [-0.39, 0.29) is 18.0 Å². The smallest absolute Gasteiger partial charge is 0.238 e. The Morgan fingerprint density at radius 1 is 1.44 bits per heavy atom. The molecular formula is C13H16BrN3O. The number of benzene rings is 1. The molecule has 96 valence electrons. The molecule has 5 heteroatoms. The van der Waals surface area contributed by atoms with E-state index in [1.807, 2.05) is 26.8 Å². The highest BCUT2D eigenvalue weighted by Gasteiger charge is 2.12. The van der Waals surface area contributed by atoms with Crippen LogP contribution in [0.4, 0.5) is 5.69 Å². The van der Waals surface area contributed by atoms with E-state index in [4.69, 9.17) is 5.26 Å². The van der Waals surface area contributed by atoms with Gasteiger partial charge >= 0.3 is 0 Å². The van der Waals surface area contributed by atoms with E-state index in [2.05, 4.69) is 26.6 Å². The number of nitriles is 1. The summed E-state index contributed by atoms with van der Waals surface area (Å²) in [6.45, 7) is 6.17. The van der Waals surface area contributed by atoms with Crippen molar-refractivity contribution in [3.8, 4) is 6.07 Å². The number of nitrogens with one attached hydrogen (secondary N) is 2. The van der Waals surface area contributed by atoms with Gasteiger partial charge in [-0.1, -0.05) is 15.9 Å². The molecule has 0 bridgehead atoms. The molecule has 18 heavy (non-hydrogen) atoms. The van der Waals surface area contributed by atoms with E-state index >= 15 is 0 Å². The Hall–Kier alpha value is -1.38. The lowest BCUT2D eigenvalue weighted by Gasteiger charge is -2.20. The van der Waals surface area contributed by atoms with E-state index in [0.29, 0.717) is 11.3 Å². The van der Waals surface area contributed by atoms with Crippen LogP contribution in [0.15, 0.2) is 22.7 Å². The second kappa shape index (κ2) is 5.98. The summed E-state index contributed by atoms with van der Waals surface area (Å²) in [6.07, 6.45) is 0. The van der Waals surface area contributed by atoms with Gasteiger partial charge in [-0.2, -0.15) is 5.26 Å². The van der Waals surface area contributed by atoms with Gasteiger partial charge in [0.25, 0.3) is 0 Å². The maximum atomic E-state index is 11.7. The topological polar surface area (TPSA) is 64.9 Å². The van der Waals surface area contributed by atoms with E-state index in [1.54, 1.807) is 18.2 Å². The summed E-state index contributed by atoms with van der Waals surface area (Å²) < 4.78 is 0.820. The minimum Gasteiger partial charge on any atom is -0.324 e. The van der Waals surface area contributed by atoms with Crippen molar-refractivity contribution in [3.63, 3.8) is 0 Å². The third-order valence-corrected chi connectivity index (χ3v) is 2.65. The van der Waals surface area contributed by atoms with Crippen LogP contribution >= 0.6 is 15.9 Å².